The summed E-state index contributed by atoms with van der Waals surface area (Å²) in [5.41, 5.74) is 3.45. The predicted octanol–water partition coefficient (Wildman–Crippen LogP) is 6.17. The van der Waals surface area contributed by atoms with E-state index in [1.54, 1.807) is 9.58 Å². The Morgan fingerprint density at radius 1 is 0.981 bits per heavy atom. The summed E-state index contributed by atoms with van der Waals surface area (Å²) in [6.45, 7) is 11.8. The zero-order valence-electron chi connectivity index (χ0n) is 32.3. The number of rotatable bonds is 9. The molecule has 2 amide bonds. The Bertz CT molecular complexity index is 1850. The van der Waals surface area contributed by atoms with Crippen molar-refractivity contribution in [1.29, 1.82) is 0 Å². The molecule has 4 heterocycles. The molecular formula is C40H53BF3N5O5. The molecule has 1 aromatic heterocycles. The van der Waals surface area contributed by atoms with Crippen molar-refractivity contribution in [2.75, 3.05) is 31.1 Å². The summed E-state index contributed by atoms with van der Waals surface area (Å²) >= 11 is 0. The van der Waals surface area contributed by atoms with Gasteiger partial charge in [0.05, 0.1) is 34.4 Å². The van der Waals surface area contributed by atoms with Crippen LogP contribution in [0.4, 0.5) is 18.9 Å². The average Bonchev–Trinajstić information content (AvgIpc) is 3.55. The maximum atomic E-state index is 14.5. The number of aryl methyl sites for hydroxylation is 1. The van der Waals surface area contributed by atoms with Crippen LogP contribution in [-0.4, -0.2) is 89.3 Å². The molecule has 0 radical (unpaired) electrons. The quantitative estimate of drug-likeness (QED) is 0.205. The number of halogens is 3. The van der Waals surface area contributed by atoms with E-state index in [2.05, 4.69) is 15.3 Å². The Labute approximate surface area is 316 Å². The van der Waals surface area contributed by atoms with E-state index in [1.165, 1.54) is 0 Å². The number of hydrogen-bond donors (Lipinski definition) is 1. The lowest BCUT2D eigenvalue weighted by atomic mass is 9.76. The van der Waals surface area contributed by atoms with Crippen molar-refractivity contribution in [3.8, 4) is 5.75 Å². The van der Waals surface area contributed by atoms with Gasteiger partial charge in [-0.25, -0.2) is 0 Å². The van der Waals surface area contributed by atoms with Gasteiger partial charge in [0.1, 0.15) is 11.8 Å². The van der Waals surface area contributed by atoms with E-state index in [-0.39, 0.29) is 36.7 Å². The van der Waals surface area contributed by atoms with E-state index in [0.29, 0.717) is 44.7 Å². The highest BCUT2D eigenvalue weighted by atomic mass is 19.4. The number of alkyl halides is 3. The number of anilines is 1. The average molecular weight is 752 g/mol. The third-order valence-corrected chi connectivity index (χ3v) is 12.7. The molecule has 14 heteroatoms. The predicted molar refractivity (Wildman–Crippen MR) is 202 cm³/mol. The summed E-state index contributed by atoms with van der Waals surface area (Å²) in [5.74, 6) is -0.0562. The van der Waals surface area contributed by atoms with E-state index in [4.69, 9.17) is 14.0 Å². The van der Waals surface area contributed by atoms with Crippen LogP contribution in [0.3, 0.4) is 0 Å². The summed E-state index contributed by atoms with van der Waals surface area (Å²) in [6.07, 6.45) is 0.369. The molecule has 3 saturated heterocycles. The molecule has 1 saturated carbocycles. The minimum absolute atomic E-state index is 0.0228. The maximum Gasteiger partial charge on any atom is 0.495 e. The number of aromatic nitrogens is 2. The third-order valence-electron chi connectivity index (χ3n) is 12.7. The van der Waals surface area contributed by atoms with Crippen LogP contribution in [0, 0.1) is 12.8 Å². The number of piperazine rings is 1. The molecule has 0 bridgehead atoms. The Kier molecular flexibility index (Phi) is 10.6. The highest BCUT2D eigenvalue weighted by Crippen LogP contribution is 2.39. The second kappa shape index (κ2) is 14.8. The minimum Gasteiger partial charge on any atom is -0.490 e. The molecule has 2 atom stereocenters. The van der Waals surface area contributed by atoms with Gasteiger partial charge >= 0.3 is 13.3 Å². The number of imide groups is 1. The number of piperidine rings is 1. The van der Waals surface area contributed by atoms with Crippen LogP contribution >= 0.6 is 0 Å². The van der Waals surface area contributed by atoms with Gasteiger partial charge in [0.25, 0.3) is 0 Å². The van der Waals surface area contributed by atoms with Gasteiger partial charge < -0.3 is 18.9 Å². The molecule has 2 aromatic carbocycles. The topological polar surface area (TPSA) is 98.2 Å². The highest BCUT2D eigenvalue weighted by molar-refractivity contribution is 6.62. The number of hydrogen-bond acceptors (Lipinski definition) is 8. The molecule has 1 N–H and O–H groups in total. The van der Waals surface area contributed by atoms with Gasteiger partial charge in [0.15, 0.2) is 0 Å². The lowest BCUT2D eigenvalue weighted by Crippen LogP contribution is -2.55. The van der Waals surface area contributed by atoms with Crippen LogP contribution < -0.4 is 20.4 Å². The van der Waals surface area contributed by atoms with Gasteiger partial charge in [-0.2, -0.15) is 18.3 Å². The van der Waals surface area contributed by atoms with Crippen LogP contribution in [0.25, 0.3) is 10.9 Å². The Morgan fingerprint density at radius 2 is 1.67 bits per heavy atom. The number of carbonyl (C=O) groups is 2. The largest absolute Gasteiger partial charge is 0.495 e. The van der Waals surface area contributed by atoms with E-state index in [0.717, 1.165) is 59.0 Å². The summed E-state index contributed by atoms with van der Waals surface area (Å²) in [6, 6.07) is 10.4. The number of ether oxygens (including phenoxy) is 1. The smallest absolute Gasteiger partial charge is 0.490 e. The zero-order valence-corrected chi connectivity index (χ0v) is 32.3. The molecule has 10 nitrogen and oxygen atoms in total. The number of carbonyl (C=O) groups excluding carboxylic acids is 2. The number of benzene rings is 2. The fourth-order valence-electron chi connectivity index (χ4n) is 8.62. The normalized spacial score (nSPS) is 25.6. The monoisotopic (exact) mass is 751 g/mol. The van der Waals surface area contributed by atoms with Crippen molar-refractivity contribution in [1.82, 2.24) is 20.0 Å². The number of fused-ring (bicyclic) bond motifs is 1. The molecule has 54 heavy (non-hydrogen) atoms. The summed E-state index contributed by atoms with van der Waals surface area (Å²) in [7, 11) is 1.34. The molecule has 3 aliphatic heterocycles. The second-order valence-electron chi connectivity index (χ2n) is 16.7. The Morgan fingerprint density at radius 3 is 2.31 bits per heavy atom. The number of amides is 2. The van der Waals surface area contributed by atoms with E-state index in [1.807, 2.05) is 78.1 Å². The van der Waals surface area contributed by atoms with E-state index < -0.39 is 36.5 Å². The first-order valence-electron chi connectivity index (χ1n) is 19.5. The van der Waals surface area contributed by atoms with Gasteiger partial charge in [-0.05, 0) is 121 Å². The van der Waals surface area contributed by atoms with Crippen LogP contribution in [0.15, 0.2) is 36.4 Å². The lowest BCUT2D eigenvalue weighted by Gasteiger charge is -2.41. The highest BCUT2D eigenvalue weighted by Gasteiger charge is 2.52. The van der Waals surface area contributed by atoms with Gasteiger partial charge in [0.2, 0.25) is 11.8 Å². The fraction of sp³-hybridized carbons (Fsp3) is 0.625. The standard InChI is InChI=1S/C40H53BF3N5O5/c1-25-31(41-53-38(2,3)39(4,5)54-41)8-7-9-33(25)52-28-14-10-26(11-15-28)12-18-34(40(42,43)44)49-22-20-48(21-23-49)27-13-16-29-32(24-27)47(6)46-36(29)30-17-19-35(50)45-37(30)51/h7-9,13,16,24,26,28,30,34H,10-12,14-15,17-23H2,1-6H3,(H,45,50,51)/t26?,28?,30?,34-/m0/s1. The van der Waals surface area contributed by atoms with Gasteiger partial charge in [-0.1, -0.05) is 12.1 Å². The van der Waals surface area contributed by atoms with Gasteiger partial charge in [-0.15, -0.1) is 0 Å². The second-order valence-corrected chi connectivity index (χ2v) is 16.7. The first-order valence-corrected chi connectivity index (χ1v) is 19.5. The summed E-state index contributed by atoms with van der Waals surface area (Å²) in [5, 5.41) is 7.87. The summed E-state index contributed by atoms with van der Waals surface area (Å²) < 4.78 is 64.4. The molecule has 0 spiro atoms. The Balaban J connectivity index is 0.912. The minimum atomic E-state index is -4.30. The van der Waals surface area contributed by atoms with Crippen LogP contribution in [-0.2, 0) is 25.9 Å². The molecule has 1 unspecified atom stereocenters. The van der Waals surface area contributed by atoms with Gasteiger partial charge in [-0.3, -0.25) is 24.5 Å². The van der Waals surface area contributed by atoms with Crippen molar-refractivity contribution >= 4 is 41.0 Å². The molecular weight excluding hydrogens is 698 g/mol. The van der Waals surface area contributed by atoms with E-state index in [9.17, 15) is 22.8 Å². The van der Waals surface area contributed by atoms with Crippen molar-refractivity contribution < 1.29 is 36.8 Å². The molecule has 7 rings (SSSR count). The number of nitrogens with zero attached hydrogens (tertiary/aromatic N) is 4. The molecule has 4 fully saturated rings. The fourth-order valence-corrected chi connectivity index (χ4v) is 8.62. The van der Waals surface area contributed by atoms with E-state index >= 15 is 0 Å². The van der Waals surface area contributed by atoms with Crippen LogP contribution in [0.1, 0.15) is 96.2 Å². The molecule has 292 valence electrons. The van der Waals surface area contributed by atoms with Crippen molar-refractivity contribution in [3.05, 3.63) is 47.7 Å². The van der Waals surface area contributed by atoms with Crippen molar-refractivity contribution in [3.63, 3.8) is 0 Å². The van der Waals surface area contributed by atoms with Crippen LogP contribution in [0.2, 0.25) is 0 Å². The third kappa shape index (κ3) is 7.75. The van der Waals surface area contributed by atoms with Crippen molar-refractivity contribution in [2.24, 2.45) is 13.0 Å². The van der Waals surface area contributed by atoms with Gasteiger partial charge in [0, 0.05) is 50.7 Å². The Hall–Kier alpha value is -3.62. The first-order chi connectivity index (χ1) is 25.5. The van der Waals surface area contributed by atoms with Crippen LogP contribution in [0.5, 0.6) is 5.75 Å². The lowest BCUT2D eigenvalue weighted by molar-refractivity contribution is -0.187. The maximum absolute atomic E-state index is 14.5. The molecule has 4 aliphatic rings. The first kappa shape index (κ1) is 38.7. The van der Waals surface area contributed by atoms with Crippen molar-refractivity contribution in [2.45, 2.75) is 121 Å². The number of nitrogens with one attached hydrogen (secondary N) is 1. The SMILES string of the molecule is Cc1c(OC2CCC(CC[C@H](N3CCN(c4ccc5c(C6CCC(=O)NC6=O)nn(C)c5c4)CC3)C(F)(F)F)CC2)cccc1B1OC(C)(C)C(C)(C)O1. The molecule has 1 aliphatic carbocycles. The zero-order chi connectivity index (χ0) is 38.6. The summed E-state index contributed by atoms with van der Waals surface area (Å²) in [4.78, 5) is 27.9. The molecule has 3 aromatic rings.